The molecule has 0 aliphatic rings. The van der Waals surface area contributed by atoms with Crippen LogP contribution in [-0.2, 0) is 4.79 Å². The molecule has 22 heavy (non-hydrogen) atoms. The summed E-state index contributed by atoms with van der Waals surface area (Å²) in [5, 5.41) is 20.3. The monoisotopic (exact) mass is 308 g/mol. The molecule has 1 heterocycles. The molecule has 0 fully saturated rings. The quantitative estimate of drug-likeness (QED) is 0.708. The maximum atomic E-state index is 12.1. The first-order valence-electron chi connectivity index (χ1n) is 6.43. The lowest BCUT2D eigenvalue weighted by Crippen LogP contribution is -2.43. The number of carboxylic acids is 2. The Balaban J connectivity index is 3.19. The minimum absolute atomic E-state index is 0.166. The van der Waals surface area contributed by atoms with E-state index in [0.29, 0.717) is 0 Å². The fraction of sp³-hybridized carbons (Fsp3) is 0.357. The first-order valence-corrected chi connectivity index (χ1v) is 6.43. The number of nitrogens with zero attached hydrogens (tertiary/aromatic N) is 1. The van der Waals surface area contributed by atoms with E-state index < -0.39 is 35.3 Å². The maximum Gasteiger partial charge on any atom is 0.354 e. The van der Waals surface area contributed by atoms with Gasteiger partial charge in [0, 0.05) is 5.56 Å². The summed E-state index contributed by atoms with van der Waals surface area (Å²) >= 11 is 0. The minimum Gasteiger partial charge on any atom is -0.477 e. The second kappa shape index (κ2) is 6.79. The highest BCUT2D eigenvalue weighted by Crippen LogP contribution is 2.10. The number of carbonyl (C=O) groups excluding carboxylic acids is 2. The van der Waals surface area contributed by atoms with Crippen LogP contribution >= 0.6 is 0 Å². The van der Waals surface area contributed by atoms with Crippen molar-refractivity contribution >= 4 is 23.6 Å². The smallest absolute Gasteiger partial charge is 0.354 e. The van der Waals surface area contributed by atoms with Crippen molar-refractivity contribution in [2.45, 2.75) is 26.8 Å². The third-order valence-corrected chi connectivity index (χ3v) is 2.92. The van der Waals surface area contributed by atoms with Crippen molar-refractivity contribution in [3.63, 3.8) is 0 Å². The molecular weight excluding hydrogens is 292 g/mol. The van der Waals surface area contributed by atoms with Crippen molar-refractivity contribution in [3.8, 4) is 0 Å². The molecule has 1 aromatic heterocycles. The Bertz CT molecular complexity index is 606. The Hall–Kier alpha value is -2.77. The van der Waals surface area contributed by atoms with E-state index in [2.05, 4.69) is 10.3 Å². The van der Waals surface area contributed by atoms with Crippen LogP contribution in [0.25, 0.3) is 0 Å². The highest BCUT2D eigenvalue weighted by Gasteiger charge is 2.23. The van der Waals surface area contributed by atoms with E-state index >= 15 is 0 Å². The molecule has 0 radical (unpaired) electrons. The van der Waals surface area contributed by atoms with Gasteiger partial charge in [-0.3, -0.25) is 9.59 Å². The average molecular weight is 308 g/mol. The Labute approximate surface area is 126 Å². The molecular formula is C14H16N2O6. The molecule has 3 N–H and O–H groups in total. The van der Waals surface area contributed by atoms with Gasteiger partial charge in [0.05, 0.1) is 6.04 Å². The van der Waals surface area contributed by atoms with Crippen molar-refractivity contribution < 1.29 is 29.4 Å². The summed E-state index contributed by atoms with van der Waals surface area (Å²) in [6.45, 7) is 4.80. The number of hydrogen-bond donors (Lipinski definition) is 3. The number of aromatic nitrogens is 1. The van der Waals surface area contributed by atoms with Crippen LogP contribution in [0.15, 0.2) is 12.1 Å². The summed E-state index contributed by atoms with van der Waals surface area (Å²) in [5.74, 6) is -4.06. The van der Waals surface area contributed by atoms with E-state index in [1.165, 1.54) is 6.92 Å². The first-order chi connectivity index (χ1) is 10.1. The summed E-state index contributed by atoms with van der Waals surface area (Å²) in [7, 11) is 0. The fourth-order valence-electron chi connectivity index (χ4n) is 1.84. The predicted molar refractivity (Wildman–Crippen MR) is 74.9 cm³/mol. The molecule has 0 bridgehead atoms. The Morgan fingerprint density at radius 3 is 1.82 bits per heavy atom. The molecule has 1 amide bonds. The molecule has 0 saturated heterocycles. The molecule has 0 spiro atoms. The Morgan fingerprint density at radius 2 is 1.50 bits per heavy atom. The number of rotatable bonds is 6. The van der Waals surface area contributed by atoms with Crippen LogP contribution in [0.4, 0.5) is 0 Å². The number of nitrogens with one attached hydrogen (secondary N) is 1. The van der Waals surface area contributed by atoms with Gasteiger partial charge in [0.25, 0.3) is 5.91 Å². The number of ketones is 1. The lowest BCUT2D eigenvalue weighted by molar-refractivity contribution is -0.119. The van der Waals surface area contributed by atoms with Crippen LogP contribution < -0.4 is 5.32 Å². The zero-order chi connectivity index (χ0) is 17.0. The largest absolute Gasteiger partial charge is 0.477 e. The molecule has 8 heteroatoms. The number of pyridine rings is 1. The van der Waals surface area contributed by atoms with E-state index in [0.717, 1.165) is 12.1 Å². The van der Waals surface area contributed by atoms with Gasteiger partial charge in [-0.15, -0.1) is 0 Å². The third-order valence-electron chi connectivity index (χ3n) is 2.92. The lowest BCUT2D eigenvalue weighted by Gasteiger charge is -2.19. The molecule has 0 saturated carbocycles. The Morgan fingerprint density at radius 1 is 1.05 bits per heavy atom. The van der Waals surface area contributed by atoms with Crippen LogP contribution in [0.5, 0.6) is 0 Å². The van der Waals surface area contributed by atoms with Gasteiger partial charge in [-0.25, -0.2) is 14.6 Å². The number of carboxylic acid groups (broad SMARTS) is 2. The summed E-state index contributed by atoms with van der Waals surface area (Å²) in [5.41, 5.74) is -1.31. The number of carbonyl (C=O) groups is 4. The van der Waals surface area contributed by atoms with Gasteiger partial charge >= 0.3 is 11.9 Å². The van der Waals surface area contributed by atoms with E-state index in [1.807, 2.05) is 0 Å². The second-order valence-corrected chi connectivity index (χ2v) is 5.04. The molecule has 118 valence electrons. The van der Waals surface area contributed by atoms with Crippen molar-refractivity contribution in [1.29, 1.82) is 0 Å². The van der Waals surface area contributed by atoms with Crippen molar-refractivity contribution in [3.05, 3.63) is 29.1 Å². The SMILES string of the molecule is CC(=O)C(NC(=O)c1cc(C(=O)O)nc(C(=O)O)c1)C(C)C. The van der Waals surface area contributed by atoms with E-state index in [9.17, 15) is 19.2 Å². The molecule has 1 unspecified atom stereocenters. The number of amides is 1. The summed E-state index contributed by atoms with van der Waals surface area (Å²) in [6.07, 6.45) is 0. The maximum absolute atomic E-state index is 12.1. The zero-order valence-electron chi connectivity index (χ0n) is 12.3. The molecule has 8 nitrogen and oxygen atoms in total. The molecule has 0 aliphatic carbocycles. The average Bonchev–Trinajstić information content (AvgIpc) is 2.42. The minimum atomic E-state index is -1.45. The van der Waals surface area contributed by atoms with Crippen LogP contribution in [0.1, 0.15) is 52.1 Å². The van der Waals surface area contributed by atoms with Gasteiger partial charge in [-0.05, 0) is 25.0 Å². The second-order valence-electron chi connectivity index (χ2n) is 5.04. The molecule has 1 rings (SSSR count). The van der Waals surface area contributed by atoms with Crippen LogP contribution in [0.3, 0.4) is 0 Å². The van der Waals surface area contributed by atoms with Gasteiger partial charge in [-0.2, -0.15) is 0 Å². The molecule has 1 atom stereocenters. The summed E-state index contributed by atoms with van der Waals surface area (Å²) in [6, 6.07) is 1.17. The van der Waals surface area contributed by atoms with Crippen LogP contribution in [0, 0.1) is 5.92 Å². The summed E-state index contributed by atoms with van der Waals surface area (Å²) in [4.78, 5) is 48.9. The zero-order valence-corrected chi connectivity index (χ0v) is 12.3. The molecule has 0 aliphatic heterocycles. The van der Waals surface area contributed by atoms with Gasteiger partial charge in [0.15, 0.2) is 5.78 Å². The Kier molecular flexibility index (Phi) is 5.33. The van der Waals surface area contributed by atoms with Gasteiger partial charge in [-0.1, -0.05) is 13.8 Å². The van der Waals surface area contributed by atoms with E-state index in [-0.39, 0.29) is 17.3 Å². The third kappa shape index (κ3) is 4.11. The predicted octanol–water partition coefficient (Wildman–Crippen LogP) is 0.821. The van der Waals surface area contributed by atoms with E-state index in [1.54, 1.807) is 13.8 Å². The topological polar surface area (TPSA) is 134 Å². The van der Waals surface area contributed by atoms with E-state index in [4.69, 9.17) is 10.2 Å². The van der Waals surface area contributed by atoms with Crippen LogP contribution in [-0.4, -0.2) is 44.9 Å². The molecule has 1 aromatic rings. The lowest BCUT2D eigenvalue weighted by atomic mass is 10.00. The van der Waals surface area contributed by atoms with Crippen molar-refractivity contribution in [2.75, 3.05) is 0 Å². The first kappa shape index (κ1) is 17.3. The highest BCUT2D eigenvalue weighted by atomic mass is 16.4. The molecule has 0 aromatic carbocycles. The standard InChI is InChI=1S/C14H16N2O6/c1-6(2)11(7(3)17)16-12(18)8-4-9(13(19)20)15-10(5-8)14(21)22/h4-6,11H,1-3H3,(H,16,18)(H,19,20)(H,21,22). The van der Waals surface area contributed by atoms with Gasteiger partial charge < -0.3 is 15.5 Å². The van der Waals surface area contributed by atoms with Gasteiger partial charge in [0.1, 0.15) is 11.4 Å². The highest BCUT2D eigenvalue weighted by molar-refractivity contribution is 6.01. The van der Waals surface area contributed by atoms with Crippen molar-refractivity contribution in [2.24, 2.45) is 5.92 Å². The fourth-order valence-corrected chi connectivity index (χ4v) is 1.84. The van der Waals surface area contributed by atoms with Crippen LogP contribution in [0.2, 0.25) is 0 Å². The normalized spacial score (nSPS) is 11.8. The number of hydrogen-bond acceptors (Lipinski definition) is 5. The summed E-state index contributed by atoms with van der Waals surface area (Å²) < 4.78 is 0. The van der Waals surface area contributed by atoms with Crippen molar-refractivity contribution in [1.82, 2.24) is 10.3 Å². The van der Waals surface area contributed by atoms with Gasteiger partial charge in [0.2, 0.25) is 0 Å². The number of Topliss-reactive ketones (excluding diaryl/α,β-unsaturated/α-hetero) is 1. The number of aromatic carboxylic acids is 2.